The number of aromatic hydroxyl groups is 1. The van der Waals surface area contributed by atoms with Gasteiger partial charge in [0.05, 0.1) is 12.2 Å². The molecule has 0 atom stereocenters. The molecule has 0 fully saturated rings. The van der Waals surface area contributed by atoms with Crippen LogP contribution in [0, 0.1) is 0 Å². The Kier molecular flexibility index (Phi) is 5.34. The van der Waals surface area contributed by atoms with E-state index in [4.69, 9.17) is 11.6 Å². The van der Waals surface area contributed by atoms with Crippen LogP contribution in [0.3, 0.4) is 0 Å². The Morgan fingerprint density at radius 3 is 2.26 bits per heavy atom. The molecule has 0 radical (unpaired) electrons. The first-order chi connectivity index (χ1) is 14.8. The molecule has 31 heavy (non-hydrogen) atoms. The third-order valence-electron chi connectivity index (χ3n) is 4.76. The van der Waals surface area contributed by atoms with Gasteiger partial charge >= 0.3 is 0 Å². The molecule has 0 saturated heterocycles. The number of rotatable bonds is 4. The topological polar surface area (TPSA) is 107 Å². The Balaban J connectivity index is 1.78. The number of phenolic OH excluding ortho intramolecular Hbond substituents is 1. The minimum absolute atomic E-state index is 0.00610. The van der Waals surface area contributed by atoms with E-state index in [1.165, 1.54) is 24.3 Å². The zero-order valence-corrected chi connectivity index (χ0v) is 17.6. The summed E-state index contributed by atoms with van der Waals surface area (Å²) in [4.78, 5) is 12.2. The Bertz CT molecular complexity index is 1290. The van der Waals surface area contributed by atoms with Crippen molar-refractivity contribution in [2.75, 3.05) is 9.62 Å². The Morgan fingerprint density at radius 1 is 0.935 bits per heavy atom. The molecule has 3 N–H and O–H groups in total. The third-order valence-corrected chi connectivity index (χ3v) is 6.81. The Hall–Kier alpha value is -3.49. The van der Waals surface area contributed by atoms with Crippen LogP contribution in [0.15, 0.2) is 77.7 Å². The lowest BCUT2D eigenvalue weighted by molar-refractivity contribution is -0.112. The molecule has 158 valence electrons. The van der Waals surface area contributed by atoms with Gasteiger partial charge in [-0.05, 0) is 54.1 Å². The molecule has 9 heteroatoms. The molecule has 1 heterocycles. The van der Waals surface area contributed by atoms with Crippen molar-refractivity contribution in [2.45, 2.75) is 6.54 Å². The van der Waals surface area contributed by atoms with E-state index >= 15 is 0 Å². The molecule has 1 amide bonds. The van der Waals surface area contributed by atoms with E-state index in [0.29, 0.717) is 10.6 Å². The van der Waals surface area contributed by atoms with Gasteiger partial charge in [0, 0.05) is 16.3 Å². The average molecular weight is 457 g/mol. The summed E-state index contributed by atoms with van der Waals surface area (Å²) in [7, 11) is -4.39. The number of nitrogens with zero attached hydrogens (tertiary/aromatic N) is 1. The Labute approximate surface area is 183 Å². The maximum absolute atomic E-state index is 13.4. The second kappa shape index (κ2) is 7.98. The number of halogens is 1. The number of benzene rings is 3. The van der Waals surface area contributed by atoms with Crippen molar-refractivity contribution in [3.05, 3.63) is 93.9 Å². The van der Waals surface area contributed by atoms with Crippen LogP contribution in [-0.4, -0.2) is 24.5 Å². The van der Waals surface area contributed by atoms with Crippen LogP contribution in [0.5, 0.6) is 5.75 Å². The van der Waals surface area contributed by atoms with Crippen molar-refractivity contribution in [3.8, 4) is 5.75 Å². The number of hydrogen-bond donors (Lipinski definition) is 3. The molecule has 0 aliphatic carbocycles. The highest BCUT2D eigenvalue weighted by Crippen LogP contribution is 2.39. The summed E-state index contributed by atoms with van der Waals surface area (Å²) in [6, 6.07) is 18.6. The minimum atomic E-state index is -4.39. The first-order valence-electron chi connectivity index (χ1n) is 9.17. The van der Waals surface area contributed by atoms with Gasteiger partial charge in [-0.2, -0.15) is 0 Å². The molecule has 1 aliphatic heterocycles. The van der Waals surface area contributed by atoms with Crippen LogP contribution in [0.2, 0.25) is 5.02 Å². The lowest BCUT2D eigenvalue weighted by Crippen LogP contribution is -2.39. The molecule has 4 rings (SSSR count). The van der Waals surface area contributed by atoms with Crippen molar-refractivity contribution in [1.82, 2.24) is 0 Å². The molecule has 1 aliphatic rings. The summed E-state index contributed by atoms with van der Waals surface area (Å²) in [5.41, 5.74) is 1.40. The van der Waals surface area contributed by atoms with E-state index in [1.54, 1.807) is 48.5 Å². The minimum Gasteiger partial charge on any atom is -0.508 e. The average Bonchev–Trinajstić information content (AvgIpc) is 2.74. The van der Waals surface area contributed by atoms with Crippen LogP contribution >= 0.6 is 11.6 Å². The first-order valence-corrected chi connectivity index (χ1v) is 11.0. The van der Waals surface area contributed by atoms with E-state index in [2.05, 4.69) is 5.32 Å². The summed E-state index contributed by atoms with van der Waals surface area (Å²) in [5, 5.41) is 23.1. The van der Waals surface area contributed by atoms with Crippen molar-refractivity contribution in [2.24, 2.45) is 0 Å². The van der Waals surface area contributed by atoms with Crippen molar-refractivity contribution in [1.29, 1.82) is 0 Å². The number of aliphatic hydroxyl groups is 1. The number of para-hydroxylation sites is 1. The first kappa shape index (κ1) is 20.8. The molecule has 7 nitrogen and oxygen atoms in total. The molecule has 0 unspecified atom stereocenters. The smallest absolute Gasteiger partial charge is 0.273 e. The van der Waals surface area contributed by atoms with Crippen LogP contribution in [0.25, 0.3) is 5.76 Å². The molecule has 3 aromatic carbocycles. The maximum atomic E-state index is 13.4. The van der Waals surface area contributed by atoms with Crippen LogP contribution in [0.4, 0.5) is 11.4 Å². The molecular weight excluding hydrogens is 440 g/mol. The van der Waals surface area contributed by atoms with Gasteiger partial charge in [-0.1, -0.05) is 35.9 Å². The fraction of sp³-hybridized carbons (Fsp3) is 0.0455. The number of amides is 1. The number of aliphatic hydroxyl groups excluding tert-OH is 1. The highest BCUT2D eigenvalue weighted by molar-refractivity contribution is 7.97. The van der Waals surface area contributed by atoms with Crippen LogP contribution in [-0.2, 0) is 21.4 Å². The normalized spacial score (nSPS) is 14.8. The number of sulfonamides is 1. The van der Waals surface area contributed by atoms with Crippen molar-refractivity contribution < 1.29 is 23.4 Å². The Morgan fingerprint density at radius 2 is 1.58 bits per heavy atom. The number of hydrogen-bond acceptors (Lipinski definition) is 5. The van der Waals surface area contributed by atoms with E-state index in [0.717, 1.165) is 4.31 Å². The molecule has 0 saturated carbocycles. The predicted molar refractivity (Wildman–Crippen MR) is 119 cm³/mol. The summed E-state index contributed by atoms with van der Waals surface area (Å²) in [6.45, 7) is -0.0558. The second-order valence-corrected chi connectivity index (χ2v) is 9.07. The quantitative estimate of drug-likeness (QED) is 0.508. The molecule has 3 aromatic rings. The standard InChI is InChI=1S/C22H17ClN2O5S/c23-15-7-5-14(6-8-15)13-25-19-4-2-1-3-18(19)20(27)21(31(25,29)30)22(28)24-16-9-11-17(26)12-10-16/h1-12,26-27H,13H2,(H,24,28). The monoisotopic (exact) mass is 456 g/mol. The zero-order valence-electron chi connectivity index (χ0n) is 16.0. The molecule has 0 bridgehead atoms. The fourth-order valence-electron chi connectivity index (χ4n) is 3.26. The lowest BCUT2D eigenvalue weighted by atomic mass is 10.1. The number of carbonyl (C=O) groups is 1. The van der Waals surface area contributed by atoms with Gasteiger partial charge in [0.15, 0.2) is 10.7 Å². The molecule has 0 aromatic heterocycles. The summed E-state index contributed by atoms with van der Waals surface area (Å²) >= 11 is 5.92. The zero-order chi connectivity index (χ0) is 22.2. The van der Waals surface area contributed by atoms with E-state index < -0.39 is 26.6 Å². The van der Waals surface area contributed by atoms with Gasteiger partial charge in [-0.3, -0.25) is 9.10 Å². The second-order valence-electron chi connectivity index (χ2n) is 6.83. The van der Waals surface area contributed by atoms with Gasteiger partial charge in [-0.25, -0.2) is 8.42 Å². The van der Waals surface area contributed by atoms with Gasteiger partial charge in [0.25, 0.3) is 15.9 Å². The number of phenols is 1. The molecule has 0 spiro atoms. The predicted octanol–water partition coefficient (Wildman–Crippen LogP) is 4.26. The van der Waals surface area contributed by atoms with Gasteiger partial charge < -0.3 is 15.5 Å². The van der Waals surface area contributed by atoms with E-state index in [1.807, 2.05) is 0 Å². The summed E-state index contributed by atoms with van der Waals surface area (Å²) < 4.78 is 27.9. The maximum Gasteiger partial charge on any atom is 0.273 e. The largest absolute Gasteiger partial charge is 0.508 e. The summed E-state index contributed by atoms with van der Waals surface area (Å²) in [6.07, 6.45) is 0. The van der Waals surface area contributed by atoms with E-state index in [-0.39, 0.29) is 29.2 Å². The van der Waals surface area contributed by atoms with Gasteiger partial charge in [-0.15, -0.1) is 0 Å². The summed E-state index contributed by atoms with van der Waals surface area (Å²) in [5.74, 6) is -1.62. The number of carbonyl (C=O) groups excluding carboxylic acids is 1. The lowest BCUT2D eigenvalue weighted by Gasteiger charge is -2.31. The van der Waals surface area contributed by atoms with Crippen LogP contribution in [0.1, 0.15) is 11.1 Å². The van der Waals surface area contributed by atoms with Crippen molar-refractivity contribution in [3.63, 3.8) is 0 Å². The van der Waals surface area contributed by atoms with Crippen molar-refractivity contribution >= 4 is 44.7 Å². The molecular formula is C22H17ClN2O5S. The highest BCUT2D eigenvalue weighted by Gasteiger charge is 2.41. The third kappa shape index (κ3) is 3.95. The SMILES string of the molecule is O=C(Nc1ccc(O)cc1)C1=C(O)c2ccccc2N(Cc2ccc(Cl)cc2)S1(=O)=O. The van der Waals surface area contributed by atoms with Gasteiger partial charge in [0.1, 0.15) is 5.75 Å². The number of anilines is 2. The van der Waals surface area contributed by atoms with Gasteiger partial charge in [0.2, 0.25) is 0 Å². The number of nitrogens with one attached hydrogen (secondary N) is 1. The fourth-order valence-corrected chi connectivity index (χ4v) is 4.98. The highest BCUT2D eigenvalue weighted by atomic mass is 35.5. The van der Waals surface area contributed by atoms with Crippen LogP contribution < -0.4 is 9.62 Å². The number of fused-ring (bicyclic) bond motifs is 1. The van der Waals surface area contributed by atoms with E-state index in [9.17, 15) is 23.4 Å².